The number of ether oxygens (including phenoxy) is 2. The van der Waals surface area contributed by atoms with E-state index < -0.39 is 0 Å². The van der Waals surface area contributed by atoms with Crippen LogP contribution in [-0.4, -0.2) is 41.4 Å². The molecule has 124 valence electrons. The Hall–Kier alpha value is -1.75. The highest BCUT2D eigenvalue weighted by Crippen LogP contribution is 2.39. The van der Waals surface area contributed by atoms with Crippen molar-refractivity contribution in [3.8, 4) is 11.5 Å². The number of aliphatic hydroxyl groups excluding tert-OH is 1. The van der Waals surface area contributed by atoms with Gasteiger partial charge in [-0.25, -0.2) is 0 Å². The van der Waals surface area contributed by atoms with E-state index in [4.69, 9.17) is 9.47 Å². The third-order valence-corrected chi connectivity index (χ3v) is 5.46. The Kier molecular flexibility index (Phi) is 3.89. The number of amides is 1. The van der Waals surface area contributed by atoms with Crippen molar-refractivity contribution in [3.05, 3.63) is 23.8 Å². The minimum atomic E-state index is -0.275. The third kappa shape index (κ3) is 2.57. The first-order chi connectivity index (χ1) is 11.3. The van der Waals surface area contributed by atoms with Crippen LogP contribution in [0, 0.1) is 5.92 Å². The number of hydrogen-bond donors (Lipinski definition) is 1. The molecular weight excluding hydrogens is 294 g/mol. The summed E-state index contributed by atoms with van der Waals surface area (Å²) in [5.74, 6) is 1.42. The fourth-order valence-corrected chi connectivity index (χ4v) is 4.33. The Morgan fingerprint density at radius 2 is 2.00 bits per heavy atom. The third-order valence-electron chi connectivity index (χ3n) is 5.46. The van der Waals surface area contributed by atoms with Crippen molar-refractivity contribution >= 4 is 5.91 Å². The molecule has 0 spiro atoms. The smallest absolute Gasteiger partial charge is 0.258 e. The highest BCUT2D eigenvalue weighted by Gasteiger charge is 2.40. The number of benzene rings is 1. The van der Waals surface area contributed by atoms with E-state index in [0.29, 0.717) is 17.1 Å². The standard InChI is InChI=1S/C18H23NO4/c20-15-8-2-1-5-12(15)14-7-4-10-19(14)18(21)13-6-3-9-16-17(13)23-11-22-16/h3,6,9,12,14-15,20H,1-2,4-5,7-8,10-11H2/t12-,14+,15+/m0/s1. The molecule has 2 fully saturated rings. The molecule has 1 amide bonds. The van der Waals surface area contributed by atoms with Crippen molar-refractivity contribution < 1.29 is 19.4 Å². The zero-order chi connectivity index (χ0) is 15.8. The summed E-state index contributed by atoms with van der Waals surface area (Å²) in [4.78, 5) is 15.0. The zero-order valence-corrected chi connectivity index (χ0v) is 13.2. The van der Waals surface area contributed by atoms with E-state index >= 15 is 0 Å². The van der Waals surface area contributed by atoms with Gasteiger partial charge in [-0.15, -0.1) is 0 Å². The van der Waals surface area contributed by atoms with Gasteiger partial charge in [0.15, 0.2) is 11.5 Å². The topological polar surface area (TPSA) is 59.0 Å². The Morgan fingerprint density at radius 3 is 2.87 bits per heavy atom. The number of fused-ring (bicyclic) bond motifs is 1. The Bertz CT molecular complexity index is 603. The summed E-state index contributed by atoms with van der Waals surface area (Å²) in [5, 5.41) is 10.4. The highest BCUT2D eigenvalue weighted by atomic mass is 16.7. The summed E-state index contributed by atoms with van der Waals surface area (Å²) >= 11 is 0. The number of para-hydroxylation sites is 1. The van der Waals surface area contributed by atoms with Gasteiger partial charge in [-0.2, -0.15) is 0 Å². The van der Waals surface area contributed by atoms with Gasteiger partial charge < -0.3 is 19.5 Å². The van der Waals surface area contributed by atoms with Gasteiger partial charge in [-0.3, -0.25) is 4.79 Å². The van der Waals surface area contributed by atoms with Crippen LogP contribution >= 0.6 is 0 Å². The predicted octanol–water partition coefficient (Wildman–Crippen LogP) is 2.57. The van der Waals surface area contributed by atoms with Crippen LogP contribution in [0.25, 0.3) is 0 Å². The largest absolute Gasteiger partial charge is 0.454 e. The van der Waals surface area contributed by atoms with Crippen LogP contribution < -0.4 is 9.47 Å². The van der Waals surface area contributed by atoms with Crippen LogP contribution in [0.5, 0.6) is 11.5 Å². The molecule has 23 heavy (non-hydrogen) atoms. The summed E-state index contributed by atoms with van der Waals surface area (Å²) in [7, 11) is 0. The Morgan fingerprint density at radius 1 is 1.13 bits per heavy atom. The molecule has 1 N–H and O–H groups in total. The lowest BCUT2D eigenvalue weighted by molar-refractivity contribution is 0.0210. The SMILES string of the molecule is O=C(c1cccc2c1OCO2)N1CCC[C@@H]1[C@@H]1CCCC[C@H]1O. The lowest BCUT2D eigenvalue weighted by atomic mass is 9.80. The van der Waals surface area contributed by atoms with Crippen LogP contribution in [0.4, 0.5) is 0 Å². The molecule has 1 saturated carbocycles. The minimum absolute atomic E-state index is 0.00706. The molecule has 1 aliphatic carbocycles. The average Bonchev–Trinajstić information content (AvgIpc) is 3.23. The lowest BCUT2D eigenvalue weighted by Crippen LogP contribution is -2.45. The van der Waals surface area contributed by atoms with Crippen molar-refractivity contribution in [2.45, 2.75) is 50.7 Å². The molecule has 2 heterocycles. The van der Waals surface area contributed by atoms with E-state index in [1.54, 1.807) is 0 Å². The molecular formula is C18H23NO4. The van der Waals surface area contributed by atoms with E-state index in [-0.39, 0.29) is 30.8 Å². The first-order valence-electron chi connectivity index (χ1n) is 8.63. The van der Waals surface area contributed by atoms with Gasteiger partial charge in [0.1, 0.15) is 0 Å². The monoisotopic (exact) mass is 317 g/mol. The number of nitrogens with zero attached hydrogens (tertiary/aromatic N) is 1. The molecule has 1 aromatic rings. The van der Waals surface area contributed by atoms with Gasteiger partial charge in [0.2, 0.25) is 6.79 Å². The number of carbonyl (C=O) groups is 1. The molecule has 0 bridgehead atoms. The molecule has 1 aromatic carbocycles. The maximum atomic E-state index is 13.1. The predicted molar refractivity (Wildman–Crippen MR) is 84.6 cm³/mol. The van der Waals surface area contributed by atoms with Crippen molar-refractivity contribution in [1.29, 1.82) is 0 Å². The fourth-order valence-electron chi connectivity index (χ4n) is 4.33. The highest BCUT2D eigenvalue weighted by molar-refractivity contribution is 5.98. The molecule has 0 radical (unpaired) electrons. The van der Waals surface area contributed by atoms with Crippen LogP contribution in [0.1, 0.15) is 48.9 Å². The second-order valence-electron chi connectivity index (χ2n) is 6.76. The van der Waals surface area contributed by atoms with Crippen LogP contribution in [0.3, 0.4) is 0 Å². The fraction of sp³-hybridized carbons (Fsp3) is 0.611. The molecule has 0 aromatic heterocycles. The normalized spacial score (nSPS) is 29.8. The van der Waals surface area contributed by atoms with E-state index in [2.05, 4.69) is 0 Å². The second kappa shape index (κ2) is 6.04. The van der Waals surface area contributed by atoms with E-state index in [1.165, 1.54) is 0 Å². The molecule has 5 nitrogen and oxygen atoms in total. The van der Waals surface area contributed by atoms with Gasteiger partial charge in [0, 0.05) is 18.5 Å². The van der Waals surface area contributed by atoms with Gasteiger partial charge >= 0.3 is 0 Å². The lowest BCUT2D eigenvalue weighted by Gasteiger charge is -2.37. The molecule has 5 heteroatoms. The molecule has 3 aliphatic rings. The number of likely N-dealkylation sites (tertiary alicyclic amines) is 1. The average molecular weight is 317 g/mol. The van der Waals surface area contributed by atoms with Crippen molar-refractivity contribution in [1.82, 2.24) is 4.90 Å². The number of rotatable bonds is 2. The van der Waals surface area contributed by atoms with E-state index in [1.807, 2.05) is 23.1 Å². The van der Waals surface area contributed by atoms with Gasteiger partial charge in [0.05, 0.1) is 11.7 Å². The van der Waals surface area contributed by atoms with Crippen LogP contribution in [0.15, 0.2) is 18.2 Å². The van der Waals surface area contributed by atoms with E-state index in [9.17, 15) is 9.90 Å². The van der Waals surface area contributed by atoms with Crippen molar-refractivity contribution in [2.75, 3.05) is 13.3 Å². The summed E-state index contributed by atoms with van der Waals surface area (Å²) in [5.41, 5.74) is 0.581. The zero-order valence-electron chi connectivity index (χ0n) is 13.2. The van der Waals surface area contributed by atoms with E-state index in [0.717, 1.165) is 45.1 Å². The summed E-state index contributed by atoms with van der Waals surface area (Å²) < 4.78 is 10.9. The number of aliphatic hydroxyl groups is 1. The number of carbonyl (C=O) groups excluding carboxylic acids is 1. The Labute approximate surface area is 136 Å². The van der Waals surface area contributed by atoms with Gasteiger partial charge in [-0.05, 0) is 37.8 Å². The molecule has 0 unspecified atom stereocenters. The first kappa shape index (κ1) is 14.8. The van der Waals surface area contributed by atoms with Gasteiger partial charge in [-0.1, -0.05) is 18.9 Å². The van der Waals surface area contributed by atoms with Crippen molar-refractivity contribution in [3.63, 3.8) is 0 Å². The Balaban J connectivity index is 1.59. The molecule has 2 aliphatic heterocycles. The van der Waals surface area contributed by atoms with Crippen molar-refractivity contribution in [2.24, 2.45) is 5.92 Å². The maximum Gasteiger partial charge on any atom is 0.258 e. The quantitative estimate of drug-likeness (QED) is 0.911. The maximum absolute atomic E-state index is 13.1. The van der Waals surface area contributed by atoms with Gasteiger partial charge in [0.25, 0.3) is 5.91 Å². The molecule has 3 atom stereocenters. The summed E-state index contributed by atoms with van der Waals surface area (Å²) in [6, 6.07) is 5.62. The summed E-state index contributed by atoms with van der Waals surface area (Å²) in [6.45, 7) is 0.932. The first-order valence-corrected chi connectivity index (χ1v) is 8.63. The molecule has 4 rings (SSSR count). The van der Waals surface area contributed by atoms with Crippen LogP contribution in [-0.2, 0) is 0 Å². The molecule has 1 saturated heterocycles. The van der Waals surface area contributed by atoms with Crippen LogP contribution in [0.2, 0.25) is 0 Å². The second-order valence-corrected chi connectivity index (χ2v) is 6.76. The summed E-state index contributed by atoms with van der Waals surface area (Å²) in [6.07, 6.45) is 5.84. The minimum Gasteiger partial charge on any atom is -0.454 e. The number of hydrogen-bond acceptors (Lipinski definition) is 4.